The normalized spacial score (nSPS) is 10.8. The number of esters is 3. The molecule has 0 bridgehead atoms. The first-order chi connectivity index (χ1) is 11.7. The van der Waals surface area contributed by atoms with E-state index in [-0.39, 0.29) is 39.3 Å². The lowest BCUT2D eigenvalue weighted by Crippen LogP contribution is -2.24. The van der Waals surface area contributed by atoms with Crippen molar-refractivity contribution in [1.29, 1.82) is 0 Å². The fourth-order valence-electron chi connectivity index (χ4n) is 1.47. The van der Waals surface area contributed by atoms with Crippen LogP contribution in [0.3, 0.4) is 0 Å². The molecule has 0 atom stereocenters. The first kappa shape index (κ1) is 23.1. The molecule has 0 unspecified atom stereocenters. The Labute approximate surface area is 148 Å². The summed E-state index contributed by atoms with van der Waals surface area (Å²) in [6.07, 6.45) is 1.04. The highest BCUT2D eigenvalue weighted by atomic mass is 16.6. The van der Waals surface area contributed by atoms with Gasteiger partial charge >= 0.3 is 17.9 Å². The van der Waals surface area contributed by atoms with Gasteiger partial charge in [-0.15, -0.1) is 0 Å². The van der Waals surface area contributed by atoms with Gasteiger partial charge in [0.05, 0.1) is 39.3 Å². The van der Waals surface area contributed by atoms with Crippen LogP contribution in [0, 0.1) is 0 Å². The average Bonchev–Trinajstić information content (AvgIpc) is 2.52. The maximum atomic E-state index is 11.4. The van der Waals surface area contributed by atoms with Crippen molar-refractivity contribution >= 4 is 17.9 Å². The SMILES string of the molecule is C=CC(=O)OCCOCCOCCOC(=O)CCC(=O)OC(C)(C)C. The largest absolute Gasteiger partial charge is 0.463 e. The summed E-state index contributed by atoms with van der Waals surface area (Å²) in [6, 6.07) is 0. The van der Waals surface area contributed by atoms with Crippen LogP contribution in [-0.4, -0.2) is 63.2 Å². The Bertz CT molecular complexity index is 425. The van der Waals surface area contributed by atoms with Gasteiger partial charge in [-0.25, -0.2) is 4.79 Å². The quantitative estimate of drug-likeness (QED) is 0.210. The zero-order chi connectivity index (χ0) is 19.1. The van der Waals surface area contributed by atoms with Crippen LogP contribution in [-0.2, 0) is 38.1 Å². The molecule has 0 saturated heterocycles. The molecule has 0 rings (SSSR count). The van der Waals surface area contributed by atoms with E-state index in [4.69, 9.17) is 23.7 Å². The van der Waals surface area contributed by atoms with E-state index in [1.54, 1.807) is 20.8 Å². The van der Waals surface area contributed by atoms with Gasteiger partial charge in [-0.1, -0.05) is 6.58 Å². The van der Waals surface area contributed by atoms with Crippen molar-refractivity contribution in [3.05, 3.63) is 12.7 Å². The molecule has 0 radical (unpaired) electrons. The summed E-state index contributed by atoms with van der Waals surface area (Å²) in [5, 5.41) is 0. The molecule has 0 aromatic carbocycles. The minimum Gasteiger partial charge on any atom is -0.463 e. The van der Waals surface area contributed by atoms with Gasteiger partial charge in [-0.05, 0) is 20.8 Å². The van der Waals surface area contributed by atoms with Crippen LogP contribution >= 0.6 is 0 Å². The Kier molecular flexibility index (Phi) is 12.3. The molecule has 8 heteroatoms. The van der Waals surface area contributed by atoms with Gasteiger partial charge in [-0.2, -0.15) is 0 Å². The molecule has 0 fully saturated rings. The summed E-state index contributed by atoms with van der Waals surface area (Å²) in [5.41, 5.74) is -0.565. The standard InChI is InChI=1S/C17H28O8/c1-5-14(18)23-12-10-21-8-9-22-11-13-24-15(19)6-7-16(20)25-17(2,3)4/h5H,1,6-13H2,2-4H3. The zero-order valence-corrected chi connectivity index (χ0v) is 15.2. The third kappa shape index (κ3) is 16.7. The minimum absolute atomic E-state index is 0.0127. The summed E-state index contributed by atoms with van der Waals surface area (Å²) in [4.78, 5) is 33.6. The second-order valence-corrected chi connectivity index (χ2v) is 5.90. The van der Waals surface area contributed by atoms with E-state index >= 15 is 0 Å². The molecule has 0 heterocycles. The molecule has 0 saturated carbocycles. The van der Waals surface area contributed by atoms with Gasteiger partial charge in [0, 0.05) is 6.08 Å². The Hall–Kier alpha value is -1.93. The Morgan fingerprint density at radius 2 is 1.28 bits per heavy atom. The van der Waals surface area contributed by atoms with Crippen LogP contribution in [0.1, 0.15) is 33.6 Å². The maximum Gasteiger partial charge on any atom is 0.330 e. The number of carbonyl (C=O) groups is 3. The molecule has 0 aliphatic carbocycles. The first-order valence-electron chi connectivity index (χ1n) is 8.06. The predicted molar refractivity (Wildman–Crippen MR) is 88.8 cm³/mol. The molecule has 0 N–H and O–H groups in total. The lowest BCUT2D eigenvalue weighted by Gasteiger charge is -2.19. The number of hydrogen-bond acceptors (Lipinski definition) is 8. The van der Waals surface area contributed by atoms with Crippen molar-refractivity contribution in [1.82, 2.24) is 0 Å². The van der Waals surface area contributed by atoms with E-state index in [0.717, 1.165) is 6.08 Å². The maximum absolute atomic E-state index is 11.4. The van der Waals surface area contributed by atoms with Crippen LogP contribution in [0.15, 0.2) is 12.7 Å². The second-order valence-electron chi connectivity index (χ2n) is 5.90. The predicted octanol–water partition coefficient (Wildman–Crippen LogP) is 1.41. The van der Waals surface area contributed by atoms with E-state index in [1.807, 2.05) is 0 Å². The van der Waals surface area contributed by atoms with E-state index in [9.17, 15) is 14.4 Å². The van der Waals surface area contributed by atoms with Crippen LogP contribution in [0.4, 0.5) is 0 Å². The third-order valence-corrected chi connectivity index (χ3v) is 2.45. The summed E-state index contributed by atoms with van der Waals surface area (Å²) in [6.45, 7) is 9.96. The number of rotatable bonds is 13. The summed E-state index contributed by atoms with van der Waals surface area (Å²) >= 11 is 0. The highest BCUT2D eigenvalue weighted by molar-refractivity contribution is 5.81. The van der Waals surface area contributed by atoms with Gasteiger partial charge < -0.3 is 23.7 Å². The molecule has 0 aromatic rings. The van der Waals surface area contributed by atoms with E-state index < -0.39 is 23.5 Å². The average molecular weight is 360 g/mol. The van der Waals surface area contributed by atoms with Crippen molar-refractivity contribution < 1.29 is 38.1 Å². The van der Waals surface area contributed by atoms with Gasteiger partial charge in [0.2, 0.25) is 0 Å². The number of ether oxygens (including phenoxy) is 5. The van der Waals surface area contributed by atoms with Gasteiger partial charge in [0.25, 0.3) is 0 Å². The van der Waals surface area contributed by atoms with Gasteiger partial charge in [0.15, 0.2) is 0 Å². The van der Waals surface area contributed by atoms with E-state index in [2.05, 4.69) is 6.58 Å². The van der Waals surface area contributed by atoms with Gasteiger partial charge in [0.1, 0.15) is 18.8 Å². The lowest BCUT2D eigenvalue weighted by atomic mass is 10.2. The third-order valence-electron chi connectivity index (χ3n) is 2.45. The van der Waals surface area contributed by atoms with Crippen LogP contribution in [0.2, 0.25) is 0 Å². The highest BCUT2D eigenvalue weighted by Crippen LogP contribution is 2.09. The molecule has 0 aliphatic heterocycles. The number of hydrogen-bond donors (Lipinski definition) is 0. The Morgan fingerprint density at radius 1 is 0.800 bits per heavy atom. The molecule has 0 aliphatic rings. The summed E-state index contributed by atoms with van der Waals surface area (Å²) < 4.78 is 25.1. The second kappa shape index (κ2) is 13.4. The van der Waals surface area contributed by atoms with Crippen molar-refractivity contribution in [2.45, 2.75) is 39.2 Å². The van der Waals surface area contributed by atoms with Crippen molar-refractivity contribution in [3.8, 4) is 0 Å². The van der Waals surface area contributed by atoms with Crippen LogP contribution < -0.4 is 0 Å². The fourth-order valence-corrected chi connectivity index (χ4v) is 1.47. The van der Waals surface area contributed by atoms with Crippen LogP contribution in [0.25, 0.3) is 0 Å². The molecule has 0 amide bonds. The molecular weight excluding hydrogens is 332 g/mol. The topological polar surface area (TPSA) is 97.4 Å². The fraction of sp³-hybridized carbons (Fsp3) is 0.706. The monoisotopic (exact) mass is 360 g/mol. The molecule has 8 nitrogen and oxygen atoms in total. The zero-order valence-electron chi connectivity index (χ0n) is 15.2. The number of carbonyl (C=O) groups excluding carboxylic acids is 3. The van der Waals surface area contributed by atoms with Crippen LogP contribution in [0.5, 0.6) is 0 Å². The van der Waals surface area contributed by atoms with Gasteiger partial charge in [-0.3, -0.25) is 9.59 Å². The van der Waals surface area contributed by atoms with E-state index in [0.29, 0.717) is 13.2 Å². The summed E-state index contributed by atoms with van der Waals surface area (Å²) in [5.74, 6) is -1.40. The molecule has 0 aromatic heterocycles. The summed E-state index contributed by atoms with van der Waals surface area (Å²) in [7, 11) is 0. The Morgan fingerprint density at radius 3 is 1.80 bits per heavy atom. The smallest absolute Gasteiger partial charge is 0.330 e. The van der Waals surface area contributed by atoms with E-state index in [1.165, 1.54) is 0 Å². The molecular formula is C17H28O8. The van der Waals surface area contributed by atoms with Crippen molar-refractivity contribution in [3.63, 3.8) is 0 Å². The van der Waals surface area contributed by atoms with Crippen molar-refractivity contribution in [2.75, 3.05) is 39.6 Å². The first-order valence-corrected chi connectivity index (χ1v) is 8.06. The minimum atomic E-state index is -0.565. The highest BCUT2D eigenvalue weighted by Gasteiger charge is 2.17. The molecule has 144 valence electrons. The van der Waals surface area contributed by atoms with Crippen molar-refractivity contribution in [2.24, 2.45) is 0 Å². The Balaban J connectivity index is 3.42. The molecule has 25 heavy (non-hydrogen) atoms. The lowest BCUT2D eigenvalue weighted by molar-refractivity contribution is -0.158. The molecule has 0 spiro atoms.